The molecule has 0 radical (unpaired) electrons. The van der Waals surface area contributed by atoms with Crippen LogP contribution in [0.5, 0.6) is 0 Å². The van der Waals surface area contributed by atoms with Gasteiger partial charge in [0.1, 0.15) is 11.2 Å². The number of ether oxygens (including phenoxy) is 1. The summed E-state index contributed by atoms with van der Waals surface area (Å²) in [4.78, 5) is 20.7. The Morgan fingerprint density at radius 2 is 2.04 bits per heavy atom. The molecule has 9 heteroatoms. The van der Waals surface area contributed by atoms with Gasteiger partial charge in [-0.3, -0.25) is 14.7 Å². The number of halogens is 3. The summed E-state index contributed by atoms with van der Waals surface area (Å²) in [5, 5.41) is 2.77. The summed E-state index contributed by atoms with van der Waals surface area (Å²) in [5.41, 5.74) is -0.691. The number of rotatable bonds is 4. The Morgan fingerprint density at radius 1 is 1.29 bits per heavy atom. The summed E-state index contributed by atoms with van der Waals surface area (Å²) in [7, 11) is 0. The first-order valence-corrected chi connectivity index (χ1v) is 9.56. The van der Waals surface area contributed by atoms with Crippen molar-refractivity contribution in [2.75, 3.05) is 5.32 Å². The number of amides is 1. The van der Waals surface area contributed by atoms with Gasteiger partial charge in [0.05, 0.1) is 18.1 Å². The summed E-state index contributed by atoms with van der Waals surface area (Å²) in [6.45, 7) is 3.98. The highest BCUT2D eigenvalue weighted by Gasteiger charge is 2.35. The van der Waals surface area contributed by atoms with E-state index in [1.807, 2.05) is 13.8 Å². The van der Waals surface area contributed by atoms with E-state index >= 15 is 0 Å². The van der Waals surface area contributed by atoms with Gasteiger partial charge in [-0.05, 0) is 58.1 Å². The first kappa shape index (κ1) is 19.2. The summed E-state index contributed by atoms with van der Waals surface area (Å²) < 4.78 is 46.7. The molecule has 0 spiro atoms. The van der Waals surface area contributed by atoms with Gasteiger partial charge in [0.25, 0.3) is 0 Å². The third-order valence-corrected chi connectivity index (χ3v) is 5.49. The van der Waals surface area contributed by atoms with Crippen LogP contribution in [0, 0.1) is 0 Å². The average molecular weight is 396 g/mol. The maximum atomic E-state index is 13.1. The molecule has 2 aromatic rings. The van der Waals surface area contributed by atoms with Crippen molar-refractivity contribution >= 4 is 23.0 Å². The van der Waals surface area contributed by atoms with Crippen LogP contribution in [0.1, 0.15) is 64.1 Å². The largest absolute Gasteiger partial charge is 0.433 e. The van der Waals surface area contributed by atoms with Crippen LogP contribution < -0.4 is 5.32 Å². The number of imidazole rings is 1. The second-order valence-corrected chi connectivity index (χ2v) is 8.22. The number of anilines is 1. The highest BCUT2D eigenvalue weighted by atomic mass is 19.4. The molecule has 4 rings (SSSR count). The fraction of sp³-hybridized carbons (Fsp3) is 0.632. The van der Waals surface area contributed by atoms with Crippen molar-refractivity contribution < 1.29 is 22.7 Å². The predicted octanol–water partition coefficient (Wildman–Crippen LogP) is 4.46. The summed E-state index contributed by atoms with van der Waals surface area (Å²) in [6, 6.07) is 2.22. The molecule has 0 bridgehead atoms. The van der Waals surface area contributed by atoms with Crippen LogP contribution in [0.15, 0.2) is 12.1 Å². The van der Waals surface area contributed by atoms with Crippen LogP contribution in [0.25, 0.3) is 11.2 Å². The minimum atomic E-state index is -4.53. The molecule has 1 aliphatic heterocycles. The van der Waals surface area contributed by atoms with Crippen molar-refractivity contribution in [1.82, 2.24) is 14.5 Å². The molecule has 2 aromatic heterocycles. The van der Waals surface area contributed by atoms with Gasteiger partial charge in [-0.1, -0.05) is 0 Å². The molecule has 1 atom stereocenters. The standard InChI is InChI=1S/C19H23F3N4O2/c1-18(2)9-8-12(28-18)10-15(27)25-17-23-13-6-7-14(19(20,21)22)24-16(13)26(17)11-4-3-5-11/h6-7,11-12H,3-5,8-10H2,1-2H3,(H,23,25,27)/t12-/m0/s1. The lowest BCUT2D eigenvalue weighted by molar-refractivity contribution is -0.141. The van der Waals surface area contributed by atoms with E-state index in [2.05, 4.69) is 15.3 Å². The van der Waals surface area contributed by atoms with Gasteiger partial charge < -0.3 is 4.74 Å². The number of carbonyl (C=O) groups is 1. The quantitative estimate of drug-likeness (QED) is 0.828. The van der Waals surface area contributed by atoms with E-state index in [1.54, 1.807) is 4.57 Å². The number of aromatic nitrogens is 3. The lowest BCUT2D eigenvalue weighted by atomic mass is 9.93. The highest BCUT2D eigenvalue weighted by Crippen LogP contribution is 2.38. The maximum Gasteiger partial charge on any atom is 0.433 e. The molecular weight excluding hydrogens is 373 g/mol. The molecular formula is C19H23F3N4O2. The van der Waals surface area contributed by atoms with E-state index < -0.39 is 11.9 Å². The van der Waals surface area contributed by atoms with Crippen LogP contribution in [0.4, 0.5) is 19.1 Å². The van der Waals surface area contributed by atoms with Crippen molar-refractivity contribution in [1.29, 1.82) is 0 Å². The molecule has 1 saturated heterocycles. The maximum absolute atomic E-state index is 13.1. The number of nitrogens with zero attached hydrogens (tertiary/aromatic N) is 3. The second-order valence-electron chi connectivity index (χ2n) is 8.22. The predicted molar refractivity (Wildman–Crippen MR) is 96.9 cm³/mol. The normalized spacial score (nSPS) is 22.4. The Kier molecular flexibility index (Phi) is 4.60. The van der Waals surface area contributed by atoms with Crippen molar-refractivity contribution in [3.05, 3.63) is 17.8 Å². The molecule has 1 N–H and O–H groups in total. The SMILES string of the molecule is CC1(C)CC[C@@H](CC(=O)Nc2nc3ccc(C(F)(F)F)nc3n2C2CCC2)O1. The molecule has 6 nitrogen and oxygen atoms in total. The first-order valence-electron chi connectivity index (χ1n) is 9.56. The van der Waals surface area contributed by atoms with Crippen LogP contribution in [0.3, 0.4) is 0 Å². The zero-order valence-electron chi connectivity index (χ0n) is 15.8. The lowest BCUT2D eigenvalue weighted by Gasteiger charge is -2.28. The topological polar surface area (TPSA) is 69.0 Å². The average Bonchev–Trinajstić information content (AvgIpc) is 3.04. The minimum Gasteiger partial charge on any atom is -0.372 e. The molecule has 0 aromatic carbocycles. The van der Waals surface area contributed by atoms with Gasteiger partial charge in [-0.2, -0.15) is 13.2 Å². The Hall–Kier alpha value is -2.16. The number of fused-ring (bicyclic) bond motifs is 1. The minimum absolute atomic E-state index is 0.00190. The van der Waals surface area contributed by atoms with Gasteiger partial charge in [0.15, 0.2) is 5.65 Å². The second kappa shape index (κ2) is 6.72. The number of hydrogen-bond donors (Lipinski definition) is 1. The monoisotopic (exact) mass is 396 g/mol. The van der Waals surface area contributed by atoms with Crippen molar-refractivity contribution in [2.45, 2.75) is 76.3 Å². The smallest absolute Gasteiger partial charge is 0.372 e. The van der Waals surface area contributed by atoms with Crippen LogP contribution in [0.2, 0.25) is 0 Å². The Morgan fingerprint density at radius 3 is 2.61 bits per heavy atom. The molecule has 0 unspecified atom stereocenters. The third-order valence-electron chi connectivity index (χ3n) is 5.49. The molecule has 3 heterocycles. The Balaban J connectivity index is 1.60. The number of nitrogens with one attached hydrogen (secondary N) is 1. The summed E-state index contributed by atoms with van der Waals surface area (Å²) >= 11 is 0. The molecule has 28 heavy (non-hydrogen) atoms. The van der Waals surface area contributed by atoms with E-state index in [4.69, 9.17) is 4.74 Å². The van der Waals surface area contributed by atoms with E-state index in [-0.39, 0.29) is 41.7 Å². The lowest BCUT2D eigenvalue weighted by Crippen LogP contribution is -2.26. The molecule has 2 fully saturated rings. The van der Waals surface area contributed by atoms with E-state index in [0.717, 1.165) is 38.2 Å². The van der Waals surface area contributed by atoms with Crippen molar-refractivity contribution in [3.8, 4) is 0 Å². The zero-order chi connectivity index (χ0) is 20.1. The number of carbonyl (C=O) groups excluding carboxylic acids is 1. The van der Waals surface area contributed by atoms with Crippen molar-refractivity contribution in [3.63, 3.8) is 0 Å². The van der Waals surface area contributed by atoms with Crippen LogP contribution in [-0.4, -0.2) is 32.1 Å². The highest BCUT2D eigenvalue weighted by molar-refractivity contribution is 5.91. The molecule has 152 valence electrons. The number of alkyl halides is 3. The first-order chi connectivity index (χ1) is 13.1. The van der Waals surface area contributed by atoms with Gasteiger partial charge >= 0.3 is 6.18 Å². The molecule has 2 aliphatic rings. The summed E-state index contributed by atoms with van der Waals surface area (Å²) in [6.07, 6.45) is -0.171. The number of pyridine rings is 1. The fourth-order valence-electron chi connectivity index (χ4n) is 3.81. The van der Waals surface area contributed by atoms with Gasteiger partial charge in [0, 0.05) is 6.04 Å². The summed E-state index contributed by atoms with van der Waals surface area (Å²) in [5.74, 6) is 0.00315. The fourth-order valence-corrected chi connectivity index (χ4v) is 3.81. The molecule has 1 amide bonds. The van der Waals surface area contributed by atoms with Crippen LogP contribution >= 0.6 is 0 Å². The Labute approximate surface area is 160 Å². The van der Waals surface area contributed by atoms with Crippen molar-refractivity contribution in [2.24, 2.45) is 0 Å². The Bertz CT molecular complexity index is 902. The van der Waals surface area contributed by atoms with E-state index in [9.17, 15) is 18.0 Å². The van der Waals surface area contributed by atoms with E-state index in [0.29, 0.717) is 5.52 Å². The third kappa shape index (κ3) is 3.72. The van der Waals surface area contributed by atoms with E-state index in [1.165, 1.54) is 6.07 Å². The molecule has 1 aliphatic carbocycles. The zero-order valence-corrected chi connectivity index (χ0v) is 15.8. The van der Waals surface area contributed by atoms with Gasteiger partial charge in [-0.25, -0.2) is 9.97 Å². The number of hydrogen-bond acceptors (Lipinski definition) is 4. The van der Waals surface area contributed by atoms with Gasteiger partial charge in [0.2, 0.25) is 11.9 Å². The van der Waals surface area contributed by atoms with Crippen LogP contribution in [-0.2, 0) is 15.7 Å². The molecule has 1 saturated carbocycles. The van der Waals surface area contributed by atoms with Gasteiger partial charge in [-0.15, -0.1) is 0 Å².